The lowest BCUT2D eigenvalue weighted by Crippen LogP contribution is -2.30. The Bertz CT molecular complexity index is 858. The highest BCUT2D eigenvalue weighted by molar-refractivity contribution is 7.13. The molecule has 4 rings (SSSR count). The second-order valence-electron chi connectivity index (χ2n) is 6.15. The fourth-order valence-corrected chi connectivity index (χ4v) is 4.01. The number of likely N-dealkylation sites (tertiary alicyclic amines) is 1. The summed E-state index contributed by atoms with van der Waals surface area (Å²) in [5, 5.41) is 2.15. The minimum absolute atomic E-state index is 0.206. The highest BCUT2D eigenvalue weighted by Crippen LogP contribution is 2.29. The van der Waals surface area contributed by atoms with E-state index in [1.165, 1.54) is 10.4 Å². The van der Waals surface area contributed by atoms with Gasteiger partial charge in [0.05, 0.1) is 11.0 Å². The smallest absolute Gasteiger partial charge is 0.242 e. The van der Waals surface area contributed by atoms with Gasteiger partial charge in [0, 0.05) is 35.9 Å². The quantitative estimate of drug-likeness (QED) is 0.736. The Morgan fingerprint density at radius 1 is 1.30 bits per heavy atom. The topological polar surface area (TPSA) is 38.1 Å². The minimum Gasteiger partial charge on any atom is -0.341 e. The molecule has 4 heterocycles. The molecule has 0 radical (unpaired) electrons. The van der Waals surface area contributed by atoms with Gasteiger partial charge in [-0.3, -0.25) is 9.78 Å². The summed E-state index contributed by atoms with van der Waals surface area (Å²) in [5.41, 5.74) is 4.35. The van der Waals surface area contributed by atoms with Crippen molar-refractivity contribution in [2.75, 3.05) is 13.1 Å². The van der Waals surface area contributed by atoms with E-state index in [2.05, 4.69) is 29.4 Å². The van der Waals surface area contributed by atoms with Crippen molar-refractivity contribution >= 4 is 28.3 Å². The second kappa shape index (κ2) is 5.81. The van der Waals surface area contributed by atoms with Crippen molar-refractivity contribution in [2.45, 2.75) is 26.3 Å². The maximum absolute atomic E-state index is 12.4. The van der Waals surface area contributed by atoms with Gasteiger partial charge in [-0.1, -0.05) is 0 Å². The summed E-state index contributed by atoms with van der Waals surface area (Å²) < 4.78 is 2.02. The van der Waals surface area contributed by atoms with Gasteiger partial charge in [0.25, 0.3) is 0 Å². The lowest BCUT2D eigenvalue weighted by atomic mass is 10.2. The van der Waals surface area contributed by atoms with Crippen LogP contribution in [0.15, 0.2) is 36.0 Å². The Morgan fingerprint density at radius 2 is 2.13 bits per heavy atom. The molecule has 0 atom stereocenters. The van der Waals surface area contributed by atoms with Crippen molar-refractivity contribution in [1.82, 2.24) is 14.5 Å². The molecule has 4 nitrogen and oxygen atoms in total. The van der Waals surface area contributed by atoms with Crippen molar-refractivity contribution in [3.05, 3.63) is 41.5 Å². The zero-order valence-corrected chi connectivity index (χ0v) is 14.0. The molecular formula is C18H19N3OS. The van der Waals surface area contributed by atoms with Gasteiger partial charge in [-0.2, -0.15) is 0 Å². The van der Waals surface area contributed by atoms with Gasteiger partial charge in [0.15, 0.2) is 0 Å². The zero-order valence-electron chi connectivity index (χ0n) is 13.2. The number of hydrogen-bond donors (Lipinski definition) is 0. The van der Waals surface area contributed by atoms with E-state index in [9.17, 15) is 4.79 Å². The molecule has 0 unspecified atom stereocenters. The number of pyridine rings is 1. The van der Waals surface area contributed by atoms with Crippen molar-refractivity contribution in [3.8, 4) is 10.4 Å². The van der Waals surface area contributed by atoms with Crippen LogP contribution in [0.1, 0.15) is 18.4 Å². The van der Waals surface area contributed by atoms with Gasteiger partial charge in [0.1, 0.15) is 6.54 Å². The second-order valence-corrected chi connectivity index (χ2v) is 7.06. The predicted octanol–water partition coefficient (Wildman–Crippen LogP) is 3.70. The van der Waals surface area contributed by atoms with E-state index in [1.807, 2.05) is 27.9 Å². The Hall–Kier alpha value is -2.14. The van der Waals surface area contributed by atoms with Crippen LogP contribution in [-0.2, 0) is 11.3 Å². The van der Waals surface area contributed by atoms with Crippen LogP contribution in [0.4, 0.5) is 0 Å². The number of nitrogens with zero attached hydrogens (tertiary/aromatic N) is 3. The van der Waals surface area contributed by atoms with Crippen LogP contribution in [0.2, 0.25) is 0 Å². The lowest BCUT2D eigenvalue weighted by molar-refractivity contribution is -0.130. The number of amides is 1. The summed E-state index contributed by atoms with van der Waals surface area (Å²) in [6, 6.07) is 6.30. The Labute approximate surface area is 139 Å². The van der Waals surface area contributed by atoms with Crippen molar-refractivity contribution < 1.29 is 4.79 Å². The van der Waals surface area contributed by atoms with E-state index in [0.717, 1.165) is 42.5 Å². The third-order valence-electron chi connectivity index (χ3n) is 4.40. The molecule has 1 fully saturated rings. The van der Waals surface area contributed by atoms with E-state index in [4.69, 9.17) is 0 Å². The first-order valence-electron chi connectivity index (χ1n) is 7.99. The molecule has 23 heavy (non-hydrogen) atoms. The van der Waals surface area contributed by atoms with Crippen molar-refractivity contribution in [3.63, 3.8) is 0 Å². The molecular weight excluding hydrogens is 306 g/mol. The number of carbonyl (C=O) groups is 1. The predicted molar refractivity (Wildman–Crippen MR) is 93.6 cm³/mol. The fourth-order valence-electron chi connectivity index (χ4n) is 3.13. The first-order chi connectivity index (χ1) is 11.2. The van der Waals surface area contributed by atoms with Gasteiger partial charge in [-0.25, -0.2) is 0 Å². The number of aromatic nitrogens is 2. The summed E-state index contributed by atoms with van der Waals surface area (Å²) in [4.78, 5) is 20.1. The molecule has 1 aliphatic rings. The van der Waals surface area contributed by atoms with Crippen LogP contribution < -0.4 is 0 Å². The Kier molecular flexibility index (Phi) is 3.65. The van der Waals surface area contributed by atoms with Crippen LogP contribution in [0, 0.1) is 6.92 Å². The molecule has 1 aliphatic heterocycles. The van der Waals surface area contributed by atoms with Crippen LogP contribution in [0.3, 0.4) is 0 Å². The molecule has 1 amide bonds. The molecule has 5 heteroatoms. The van der Waals surface area contributed by atoms with Gasteiger partial charge in [-0.15, -0.1) is 11.3 Å². The molecule has 0 aliphatic carbocycles. The van der Waals surface area contributed by atoms with E-state index in [0.29, 0.717) is 6.54 Å². The monoisotopic (exact) mass is 325 g/mol. The first-order valence-corrected chi connectivity index (χ1v) is 8.87. The summed E-state index contributed by atoms with van der Waals surface area (Å²) in [7, 11) is 0. The largest absolute Gasteiger partial charge is 0.341 e. The number of thiophene rings is 1. The van der Waals surface area contributed by atoms with E-state index >= 15 is 0 Å². The normalized spacial score (nSPS) is 14.7. The van der Waals surface area contributed by atoms with E-state index in [1.54, 1.807) is 11.3 Å². The highest BCUT2D eigenvalue weighted by Gasteiger charge is 2.18. The number of rotatable bonds is 3. The SMILES string of the molecule is Cc1csc(-c2cnc3ccn(CC(=O)N4CCCC4)c3c2)c1. The standard InChI is InChI=1S/C18H19N3OS/c1-13-8-17(23-12-13)14-9-16-15(19-10-14)4-7-21(16)11-18(22)20-5-2-3-6-20/h4,7-10,12H,2-3,5-6,11H2,1H3. The molecule has 0 saturated carbocycles. The molecule has 1 saturated heterocycles. The summed E-state index contributed by atoms with van der Waals surface area (Å²) in [6.45, 7) is 4.30. The molecule has 0 bridgehead atoms. The zero-order chi connectivity index (χ0) is 15.8. The van der Waals surface area contributed by atoms with Crippen LogP contribution in [0.25, 0.3) is 21.5 Å². The van der Waals surface area contributed by atoms with Crippen LogP contribution in [-0.4, -0.2) is 33.4 Å². The van der Waals surface area contributed by atoms with Gasteiger partial charge in [-0.05, 0) is 48.9 Å². The molecule has 0 N–H and O–H groups in total. The Morgan fingerprint density at radius 3 is 2.87 bits per heavy atom. The average Bonchev–Trinajstić information content (AvgIpc) is 3.27. The number of carbonyl (C=O) groups excluding carboxylic acids is 1. The molecule has 3 aromatic heterocycles. The first kappa shape index (κ1) is 14.5. The maximum atomic E-state index is 12.4. The minimum atomic E-state index is 0.206. The van der Waals surface area contributed by atoms with Crippen LogP contribution >= 0.6 is 11.3 Å². The number of aryl methyl sites for hydroxylation is 1. The lowest BCUT2D eigenvalue weighted by Gasteiger charge is -2.16. The van der Waals surface area contributed by atoms with Crippen molar-refractivity contribution in [2.24, 2.45) is 0 Å². The van der Waals surface area contributed by atoms with Crippen LogP contribution in [0.5, 0.6) is 0 Å². The number of hydrogen-bond acceptors (Lipinski definition) is 3. The van der Waals surface area contributed by atoms with Crippen molar-refractivity contribution in [1.29, 1.82) is 0 Å². The highest BCUT2D eigenvalue weighted by atomic mass is 32.1. The van der Waals surface area contributed by atoms with Gasteiger partial charge >= 0.3 is 0 Å². The third-order valence-corrected chi connectivity index (χ3v) is 5.50. The van der Waals surface area contributed by atoms with E-state index in [-0.39, 0.29) is 5.91 Å². The summed E-state index contributed by atoms with van der Waals surface area (Å²) in [5.74, 6) is 0.206. The molecule has 0 spiro atoms. The maximum Gasteiger partial charge on any atom is 0.242 e. The van der Waals surface area contributed by atoms with Gasteiger partial charge < -0.3 is 9.47 Å². The summed E-state index contributed by atoms with van der Waals surface area (Å²) >= 11 is 1.73. The molecule has 118 valence electrons. The van der Waals surface area contributed by atoms with E-state index < -0.39 is 0 Å². The Balaban J connectivity index is 1.66. The molecule has 0 aromatic carbocycles. The number of fused-ring (bicyclic) bond motifs is 1. The molecule has 3 aromatic rings. The fraction of sp³-hybridized carbons (Fsp3) is 0.333. The average molecular weight is 325 g/mol. The third kappa shape index (κ3) is 2.77. The van der Waals surface area contributed by atoms with Gasteiger partial charge in [0.2, 0.25) is 5.91 Å². The summed E-state index contributed by atoms with van der Waals surface area (Å²) in [6.07, 6.45) is 6.14.